The van der Waals surface area contributed by atoms with Crippen LogP contribution in [0, 0.1) is 11.8 Å². The molecule has 0 amide bonds. The monoisotopic (exact) mass is 566 g/mol. The van der Waals surface area contributed by atoms with Gasteiger partial charge in [-0.25, -0.2) is 9.59 Å². The average Bonchev–Trinajstić information content (AvgIpc) is 2.88. The van der Waals surface area contributed by atoms with Gasteiger partial charge in [0, 0.05) is 30.8 Å². The van der Waals surface area contributed by atoms with Crippen LogP contribution in [0.4, 0.5) is 5.82 Å². The number of nitrogens with one attached hydrogen (secondary N) is 3. The maximum atomic E-state index is 11.9. The molecule has 0 aromatic carbocycles. The van der Waals surface area contributed by atoms with Crippen LogP contribution in [0.25, 0.3) is 0 Å². The van der Waals surface area contributed by atoms with Crippen molar-refractivity contribution in [3.63, 3.8) is 0 Å². The Hall–Kier alpha value is -2.59. The van der Waals surface area contributed by atoms with Gasteiger partial charge < -0.3 is 11.1 Å². The topological polar surface area (TPSA) is 148 Å². The minimum absolute atomic E-state index is 0.0712. The van der Waals surface area contributed by atoms with Gasteiger partial charge >= 0.3 is 11.4 Å². The molecule has 4 rings (SSSR count). The van der Waals surface area contributed by atoms with Gasteiger partial charge in [-0.15, -0.1) is 0 Å². The number of halogens is 1. The van der Waals surface area contributed by atoms with Gasteiger partial charge in [0.05, 0.1) is 0 Å². The predicted molar refractivity (Wildman–Crippen MR) is 159 cm³/mol. The molecule has 10 nitrogen and oxygen atoms in total. The van der Waals surface area contributed by atoms with Crippen molar-refractivity contribution in [2.75, 3.05) is 18.4 Å². The lowest BCUT2D eigenvalue weighted by molar-refractivity contribution is 0.366. The summed E-state index contributed by atoms with van der Waals surface area (Å²) in [5.74, 6) is 2.06. The summed E-state index contributed by atoms with van der Waals surface area (Å²) in [6, 6.07) is 2.38. The molecule has 11 heteroatoms. The van der Waals surface area contributed by atoms with Crippen LogP contribution in [0.2, 0.25) is 5.15 Å². The number of aromatic nitrogens is 4. The smallest absolute Gasteiger partial charge is 0.330 e. The summed E-state index contributed by atoms with van der Waals surface area (Å²) in [5, 5.41) is 3.26. The first-order chi connectivity index (χ1) is 18.5. The predicted octanol–water partition coefficient (Wildman–Crippen LogP) is 4.41. The average molecular weight is 567 g/mol. The van der Waals surface area contributed by atoms with E-state index in [0.717, 1.165) is 23.6 Å². The standard InChI is InChI=1S/C14H23N3O2.C7H9ClN2O2.C7H15N/c1-10(2)17-13(18)8-12(16-14(17)19)15-9-11-6-4-3-5-7-11;1-4(2)10-6(11)3-5(8)9-7(10)12;8-6-7-4-2-1-3-5-7/h8,10-11,15H,3-7,9H2,1-2H3,(H,16,19);3-4H,1-2H3,(H,9,12);7H,1-6,8H2. The van der Waals surface area contributed by atoms with E-state index in [1.54, 1.807) is 13.8 Å². The summed E-state index contributed by atoms with van der Waals surface area (Å²) >= 11 is 5.46. The second-order valence-corrected chi connectivity index (χ2v) is 11.5. The zero-order valence-corrected chi connectivity index (χ0v) is 24.7. The molecule has 2 saturated carbocycles. The van der Waals surface area contributed by atoms with Gasteiger partial charge in [-0.2, -0.15) is 0 Å². The molecule has 0 bridgehead atoms. The van der Waals surface area contributed by atoms with E-state index >= 15 is 0 Å². The van der Waals surface area contributed by atoms with E-state index in [9.17, 15) is 19.2 Å². The van der Waals surface area contributed by atoms with E-state index in [1.165, 1.54) is 80.9 Å². The highest BCUT2D eigenvalue weighted by atomic mass is 35.5. The van der Waals surface area contributed by atoms with Crippen molar-refractivity contribution in [2.24, 2.45) is 17.6 Å². The van der Waals surface area contributed by atoms with Gasteiger partial charge in [0.15, 0.2) is 0 Å². The number of nitrogens with zero attached hydrogens (tertiary/aromatic N) is 2. The number of hydrogen-bond donors (Lipinski definition) is 4. The third kappa shape index (κ3) is 10.8. The van der Waals surface area contributed by atoms with Crippen LogP contribution in [-0.4, -0.2) is 32.2 Å². The van der Waals surface area contributed by atoms with E-state index in [1.807, 2.05) is 13.8 Å². The van der Waals surface area contributed by atoms with Gasteiger partial charge in [0.1, 0.15) is 11.0 Å². The maximum absolute atomic E-state index is 11.9. The van der Waals surface area contributed by atoms with Crippen LogP contribution in [0.5, 0.6) is 0 Å². The lowest BCUT2D eigenvalue weighted by Gasteiger charge is -2.22. The number of aromatic amines is 2. The van der Waals surface area contributed by atoms with Crippen LogP contribution in [0.15, 0.2) is 31.3 Å². The lowest BCUT2D eigenvalue weighted by atomic mass is 9.89. The Morgan fingerprint density at radius 1 is 0.795 bits per heavy atom. The molecular weight excluding hydrogens is 520 g/mol. The Morgan fingerprint density at radius 2 is 1.26 bits per heavy atom. The van der Waals surface area contributed by atoms with Gasteiger partial charge in [0.25, 0.3) is 11.1 Å². The number of rotatable bonds is 6. The normalized spacial score (nSPS) is 16.3. The minimum Gasteiger partial charge on any atom is -0.371 e. The number of anilines is 1. The number of H-pyrrole nitrogens is 2. The minimum atomic E-state index is -0.470. The van der Waals surface area contributed by atoms with Crippen molar-refractivity contribution in [1.82, 2.24) is 19.1 Å². The Bertz CT molecular complexity index is 1170. The Labute approximate surface area is 235 Å². The fourth-order valence-corrected chi connectivity index (χ4v) is 5.30. The molecule has 2 fully saturated rings. The molecular formula is C28H47ClN6O4. The quantitative estimate of drug-likeness (QED) is 0.381. The van der Waals surface area contributed by atoms with Gasteiger partial charge in [-0.1, -0.05) is 50.1 Å². The fourth-order valence-electron chi connectivity index (χ4n) is 5.12. The zero-order chi connectivity index (χ0) is 28.9. The van der Waals surface area contributed by atoms with E-state index in [-0.39, 0.29) is 34.0 Å². The molecule has 0 atom stereocenters. The molecule has 2 heterocycles. The first-order valence-corrected chi connectivity index (χ1v) is 14.7. The molecule has 0 radical (unpaired) electrons. The fraction of sp³-hybridized carbons (Fsp3) is 0.714. The molecule has 220 valence electrons. The van der Waals surface area contributed by atoms with Crippen molar-refractivity contribution < 1.29 is 0 Å². The molecule has 39 heavy (non-hydrogen) atoms. The van der Waals surface area contributed by atoms with E-state index in [2.05, 4.69) is 15.3 Å². The van der Waals surface area contributed by atoms with Gasteiger partial charge in [-0.3, -0.25) is 28.7 Å². The summed E-state index contributed by atoms with van der Waals surface area (Å²) in [6.07, 6.45) is 13.4. The summed E-state index contributed by atoms with van der Waals surface area (Å²) in [5.41, 5.74) is 4.07. The van der Waals surface area contributed by atoms with E-state index in [0.29, 0.717) is 11.7 Å². The molecule has 0 saturated heterocycles. The van der Waals surface area contributed by atoms with E-state index in [4.69, 9.17) is 17.3 Å². The summed E-state index contributed by atoms with van der Waals surface area (Å²) < 4.78 is 2.33. The second-order valence-electron chi connectivity index (χ2n) is 11.1. The van der Waals surface area contributed by atoms with Crippen molar-refractivity contribution >= 4 is 17.4 Å². The van der Waals surface area contributed by atoms with Crippen molar-refractivity contribution in [1.29, 1.82) is 0 Å². The van der Waals surface area contributed by atoms with Gasteiger partial charge in [-0.05, 0) is 71.8 Å². The highest BCUT2D eigenvalue weighted by molar-refractivity contribution is 6.29. The molecule has 2 aromatic heterocycles. The molecule has 0 spiro atoms. The summed E-state index contributed by atoms with van der Waals surface area (Å²) in [7, 11) is 0. The van der Waals surface area contributed by atoms with Crippen LogP contribution in [0.3, 0.4) is 0 Å². The highest BCUT2D eigenvalue weighted by Crippen LogP contribution is 2.23. The van der Waals surface area contributed by atoms with E-state index < -0.39 is 5.69 Å². The zero-order valence-electron chi connectivity index (χ0n) is 23.9. The largest absolute Gasteiger partial charge is 0.371 e. The first-order valence-electron chi connectivity index (χ1n) is 14.3. The number of nitrogens with two attached hydrogens (primary N) is 1. The van der Waals surface area contributed by atoms with Crippen LogP contribution in [-0.2, 0) is 0 Å². The SMILES string of the molecule is CC(C)n1c(=O)cc(Cl)[nH]c1=O.CC(C)n1c(=O)cc(NCC2CCCCC2)[nH]c1=O.NCC1CCCCC1. The molecule has 2 aliphatic rings. The van der Waals surface area contributed by atoms with Gasteiger partial charge in [0.2, 0.25) is 0 Å². The Balaban J connectivity index is 0.000000227. The molecule has 2 aliphatic carbocycles. The third-order valence-electron chi connectivity index (χ3n) is 7.30. The molecule has 0 unspecified atom stereocenters. The molecule has 0 aliphatic heterocycles. The number of hydrogen-bond acceptors (Lipinski definition) is 6. The van der Waals surface area contributed by atoms with Crippen molar-refractivity contribution in [3.05, 3.63) is 59.0 Å². The summed E-state index contributed by atoms with van der Waals surface area (Å²) in [4.78, 5) is 51.0. The third-order valence-corrected chi connectivity index (χ3v) is 7.50. The van der Waals surface area contributed by atoms with Crippen molar-refractivity contribution in [2.45, 2.75) is 104 Å². The summed E-state index contributed by atoms with van der Waals surface area (Å²) in [6.45, 7) is 8.91. The second kappa shape index (κ2) is 16.5. The molecule has 2 aromatic rings. The highest BCUT2D eigenvalue weighted by Gasteiger charge is 2.14. The van der Waals surface area contributed by atoms with Crippen LogP contribution in [0.1, 0.15) is 104 Å². The maximum Gasteiger partial charge on any atom is 0.330 e. The van der Waals surface area contributed by atoms with Crippen molar-refractivity contribution in [3.8, 4) is 0 Å². The Kier molecular flexibility index (Phi) is 13.8. The van der Waals surface area contributed by atoms with Crippen LogP contribution >= 0.6 is 11.6 Å². The van der Waals surface area contributed by atoms with Crippen LogP contribution < -0.4 is 33.5 Å². The lowest BCUT2D eigenvalue weighted by Crippen LogP contribution is -2.36. The Morgan fingerprint density at radius 3 is 1.67 bits per heavy atom. The molecule has 5 N–H and O–H groups in total. The first kappa shape index (κ1) is 32.6.